The van der Waals surface area contributed by atoms with Gasteiger partial charge in [0.25, 0.3) is 5.69 Å². The molecule has 0 amide bonds. The average molecular weight is 453 g/mol. The Balaban J connectivity index is 2.24. The van der Waals surface area contributed by atoms with Crippen molar-refractivity contribution in [3.63, 3.8) is 0 Å². The van der Waals surface area contributed by atoms with Crippen molar-refractivity contribution >= 4 is 44.8 Å². The highest BCUT2D eigenvalue weighted by atomic mass is 79.9. The van der Waals surface area contributed by atoms with Crippen molar-refractivity contribution in [2.75, 3.05) is 14.2 Å². The van der Waals surface area contributed by atoms with Gasteiger partial charge in [0.15, 0.2) is 16.7 Å². The minimum absolute atomic E-state index is 0.176. The van der Waals surface area contributed by atoms with Crippen LogP contribution in [0, 0.1) is 10.1 Å². The summed E-state index contributed by atoms with van der Waals surface area (Å²) >= 11 is 4.54. The van der Waals surface area contributed by atoms with Gasteiger partial charge in [-0.15, -0.1) is 5.10 Å². The number of ether oxygens (including phenoxy) is 2. The lowest BCUT2D eigenvalue weighted by atomic mass is 10.1. The van der Waals surface area contributed by atoms with Gasteiger partial charge in [0, 0.05) is 5.75 Å². The van der Waals surface area contributed by atoms with Gasteiger partial charge in [-0.05, 0) is 21.5 Å². The topological polar surface area (TPSA) is 112 Å². The second kappa shape index (κ2) is 9.93. The first kappa shape index (κ1) is 20.7. The molecule has 0 unspecified atom stereocenters. The van der Waals surface area contributed by atoms with E-state index in [1.54, 1.807) is 0 Å². The minimum atomic E-state index is -0.531. The van der Waals surface area contributed by atoms with Crippen molar-refractivity contribution in [2.24, 2.45) is 15.9 Å². The van der Waals surface area contributed by atoms with Gasteiger partial charge in [-0.3, -0.25) is 10.1 Å². The Morgan fingerprint density at radius 2 is 2.04 bits per heavy atom. The molecule has 2 N–H and O–H groups in total. The fourth-order valence-electron chi connectivity index (χ4n) is 2.14. The number of nitro groups is 1. The molecule has 0 bridgehead atoms. The van der Waals surface area contributed by atoms with Crippen molar-refractivity contribution < 1.29 is 14.4 Å². The molecule has 2 aromatic rings. The Morgan fingerprint density at radius 3 is 2.63 bits per heavy atom. The lowest BCUT2D eigenvalue weighted by molar-refractivity contribution is -0.385. The second-order valence-corrected chi connectivity index (χ2v) is 6.86. The molecule has 0 heterocycles. The third kappa shape index (κ3) is 5.44. The highest BCUT2D eigenvalue weighted by Crippen LogP contribution is 2.41. The van der Waals surface area contributed by atoms with E-state index in [-0.39, 0.29) is 21.1 Å². The van der Waals surface area contributed by atoms with E-state index >= 15 is 0 Å². The van der Waals surface area contributed by atoms with Crippen LogP contribution in [0.2, 0.25) is 0 Å². The van der Waals surface area contributed by atoms with Gasteiger partial charge in [0.1, 0.15) is 4.47 Å². The lowest BCUT2D eigenvalue weighted by Gasteiger charge is -2.11. The number of thioether (sulfide) groups is 1. The molecule has 8 nitrogen and oxygen atoms in total. The van der Waals surface area contributed by atoms with Crippen LogP contribution in [0.5, 0.6) is 11.5 Å². The lowest BCUT2D eigenvalue weighted by Crippen LogP contribution is -2.06. The highest BCUT2D eigenvalue weighted by molar-refractivity contribution is 9.10. The third-order valence-electron chi connectivity index (χ3n) is 3.39. The zero-order chi connectivity index (χ0) is 19.8. The number of nitrogens with zero attached hydrogens (tertiary/aromatic N) is 3. The Morgan fingerprint density at radius 1 is 1.33 bits per heavy atom. The first-order valence-electron chi connectivity index (χ1n) is 7.60. The predicted molar refractivity (Wildman–Crippen MR) is 111 cm³/mol. The number of methoxy groups -OCH3 is 2. The Kier molecular flexibility index (Phi) is 7.62. The molecule has 0 aliphatic carbocycles. The van der Waals surface area contributed by atoms with Crippen molar-refractivity contribution in [2.45, 2.75) is 5.75 Å². The molecule has 2 aromatic carbocycles. The number of rotatable bonds is 7. The first-order valence-corrected chi connectivity index (χ1v) is 9.37. The molecule has 0 aliphatic heterocycles. The van der Waals surface area contributed by atoms with Crippen LogP contribution in [-0.2, 0) is 5.75 Å². The molecule has 10 heteroatoms. The zero-order valence-corrected chi connectivity index (χ0v) is 17.0. The highest BCUT2D eigenvalue weighted by Gasteiger charge is 2.23. The third-order valence-corrected chi connectivity index (χ3v) is 5.08. The number of benzene rings is 2. The summed E-state index contributed by atoms with van der Waals surface area (Å²) in [6.07, 6.45) is 1.33. The first-order chi connectivity index (χ1) is 13.0. The van der Waals surface area contributed by atoms with E-state index in [9.17, 15) is 10.1 Å². The molecule has 27 heavy (non-hydrogen) atoms. The summed E-state index contributed by atoms with van der Waals surface area (Å²) < 4.78 is 10.7. The Bertz CT molecular complexity index is 875. The molecule has 0 radical (unpaired) electrons. The van der Waals surface area contributed by atoms with Crippen molar-refractivity contribution in [3.8, 4) is 11.5 Å². The fraction of sp³-hybridized carbons (Fsp3) is 0.176. The van der Waals surface area contributed by atoms with Gasteiger partial charge in [-0.1, -0.05) is 42.1 Å². The molecule has 0 atom stereocenters. The molecule has 0 saturated carbocycles. The van der Waals surface area contributed by atoms with E-state index < -0.39 is 4.92 Å². The van der Waals surface area contributed by atoms with E-state index in [2.05, 4.69) is 26.1 Å². The van der Waals surface area contributed by atoms with E-state index in [0.717, 1.165) is 5.56 Å². The molecule has 142 valence electrons. The van der Waals surface area contributed by atoms with E-state index in [1.165, 1.54) is 38.3 Å². The van der Waals surface area contributed by atoms with Crippen LogP contribution < -0.4 is 15.2 Å². The largest absolute Gasteiger partial charge is 0.493 e. The zero-order valence-electron chi connectivity index (χ0n) is 14.6. The molecule has 0 spiro atoms. The molecule has 0 aromatic heterocycles. The van der Waals surface area contributed by atoms with Crippen LogP contribution in [0.3, 0.4) is 0 Å². The molecule has 0 saturated heterocycles. The van der Waals surface area contributed by atoms with Gasteiger partial charge < -0.3 is 15.2 Å². The summed E-state index contributed by atoms with van der Waals surface area (Å²) in [5.41, 5.74) is 7.11. The van der Waals surface area contributed by atoms with E-state index in [1.807, 2.05) is 30.3 Å². The number of hydrogen-bond acceptors (Lipinski definition) is 7. The van der Waals surface area contributed by atoms with E-state index in [0.29, 0.717) is 17.1 Å². The average Bonchev–Trinajstić information content (AvgIpc) is 2.67. The Hall–Kier alpha value is -2.59. The van der Waals surface area contributed by atoms with Crippen LogP contribution in [0.1, 0.15) is 11.1 Å². The van der Waals surface area contributed by atoms with Gasteiger partial charge in [-0.2, -0.15) is 5.10 Å². The fourth-order valence-corrected chi connectivity index (χ4v) is 3.29. The SMILES string of the molecule is COc1cc([N+](=O)[O-])c(Br)c(C=NN=C(N)SCc2ccccc2)c1OC. The summed E-state index contributed by atoms with van der Waals surface area (Å²) in [6.45, 7) is 0. The molecule has 2 rings (SSSR count). The standard InChI is InChI=1S/C17H17BrN4O4S/c1-25-14-8-13(22(23)24)15(18)12(16(14)26-2)9-20-21-17(19)27-10-11-6-4-3-5-7-11/h3-9H,10H2,1-2H3,(H2,19,21). The number of nitro benzene ring substituents is 1. The molecular weight excluding hydrogens is 436 g/mol. The number of halogens is 1. The summed E-state index contributed by atoms with van der Waals surface area (Å²) in [5, 5.41) is 19.3. The van der Waals surface area contributed by atoms with Gasteiger partial charge >= 0.3 is 0 Å². The number of hydrogen-bond donors (Lipinski definition) is 1. The normalized spacial score (nSPS) is 11.6. The van der Waals surface area contributed by atoms with Crippen molar-refractivity contribution in [1.29, 1.82) is 0 Å². The second-order valence-electron chi connectivity index (χ2n) is 5.07. The van der Waals surface area contributed by atoms with Crippen molar-refractivity contribution in [3.05, 3.63) is 62.1 Å². The van der Waals surface area contributed by atoms with Crippen LogP contribution in [0.25, 0.3) is 0 Å². The van der Waals surface area contributed by atoms with Gasteiger partial charge in [0.2, 0.25) is 0 Å². The number of amidine groups is 1. The van der Waals surface area contributed by atoms with Crippen molar-refractivity contribution in [1.82, 2.24) is 0 Å². The molecular formula is C17H17BrN4O4S. The maximum atomic E-state index is 11.2. The monoisotopic (exact) mass is 452 g/mol. The van der Waals surface area contributed by atoms with Crippen LogP contribution >= 0.6 is 27.7 Å². The Labute approximate surface area is 168 Å². The maximum absolute atomic E-state index is 11.2. The summed E-state index contributed by atoms with van der Waals surface area (Å²) in [4.78, 5) is 10.7. The van der Waals surface area contributed by atoms with Crippen LogP contribution in [-0.4, -0.2) is 30.5 Å². The molecule has 0 aliphatic rings. The quantitative estimate of drug-likeness (QED) is 0.294. The smallest absolute Gasteiger partial charge is 0.288 e. The predicted octanol–water partition coefficient (Wildman–Crippen LogP) is 3.96. The summed E-state index contributed by atoms with van der Waals surface area (Å²) in [6, 6.07) is 11.1. The maximum Gasteiger partial charge on any atom is 0.288 e. The molecule has 0 fully saturated rings. The minimum Gasteiger partial charge on any atom is -0.493 e. The summed E-state index contributed by atoms with van der Waals surface area (Å²) in [7, 11) is 2.83. The van der Waals surface area contributed by atoms with E-state index in [4.69, 9.17) is 15.2 Å². The summed E-state index contributed by atoms with van der Waals surface area (Å²) in [5.74, 6) is 1.16. The van der Waals surface area contributed by atoms with Crippen LogP contribution in [0.4, 0.5) is 5.69 Å². The van der Waals surface area contributed by atoms with Gasteiger partial charge in [-0.25, -0.2) is 0 Å². The number of nitrogens with two attached hydrogens (primary N) is 1. The van der Waals surface area contributed by atoms with Crippen LogP contribution in [0.15, 0.2) is 51.1 Å². The van der Waals surface area contributed by atoms with Gasteiger partial charge in [0.05, 0.1) is 37.0 Å².